The van der Waals surface area contributed by atoms with E-state index in [4.69, 9.17) is 10.2 Å². The number of carbonyl (C=O) groups excluding carboxylic acids is 1. The maximum absolute atomic E-state index is 11.3. The van der Waals surface area contributed by atoms with Crippen molar-refractivity contribution in [2.75, 3.05) is 6.61 Å². The van der Waals surface area contributed by atoms with E-state index in [0.29, 0.717) is 5.57 Å². The number of hydrogen-bond acceptors (Lipinski definition) is 6. The maximum Gasteiger partial charge on any atom is 0.348 e. The Morgan fingerprint density at radius 2 is 1.55 bits per heavy atom. The van der Waals surface area contributed by atoms with Gasteiger partial charge < -0.3 is 14.9 Å². The number of aliphatic carboxylic acids is 2. The Kier molecular flexibility index (Phi) is 7.19. The summed E-state index contributed by atoms with van der Waals surface area (Å²) in [7, 11) is 0. The average molecular weight is 288 g/mol. The summed E-state index contributed by atoms with van der Waals surface area (Å²) in [6.07, 6.45) is -4.09. The van der Waals surface area contributed by atoms with Crippen LogP contribution in [0, 0.1) is 0 Å². The van der Waals surface area contributed by atoms with Crippen LogP contribution < -0.4 is 0 Å². The van der Waals surface area contributed by atoms with Gasteiger partial charge in [0.25, 0.3) is 0 Å². The molecule has 0 aromatic rings. The van der Waals surface area contributed by atoms with Crippen LogP contribution in [-0.2, 0) is 28.9 Å². The van der Waals surface area contributed by atoms with E-state index in [9.17, 15) is 14.4 Å². The Balaban J connectivity index is 4.91. The van der Waals surface area contributed by atoms with Crippen LogP contribution in [0.3, 0.4) is 0 Å². The minimum Gasteiger partial charge on any atom is -0.479 e. The third-order valence-electron chi connectivity index (χ3n) is 1.82. The molecule has 0 saturated heterocycles. The number of carbonyl (C=O) groups is 3. The van der Waals surface area contributed by atoms with Gasteiger partial charge in [0, 0.05) is 5.57 Å². The fraction of sp³-hybridized carbons (Fsp3) is 0.417. The molecular formula is C12H16O8. The number of ether oxygens (including phenoxy) is 1. The van der Waals surface area contributed by atoms with Gasteiger partial charge >= 0.3 is 17.9 Å². The first-order valence-corrected chi connectivity index (χ1v) is 5.41. The number of carboxylic acids is 2. The lowest BCUT2D eigenvalue weighted by Crippen LogP contribution is -2.45. The Morgan fingerprint density at radius 3 is 1.90 bits per heavy atom. The van der Waals surface area contributed by atoms with Gasteiger partial charge in [0.15, 0.2) is 0 Å². The molecular weight excluding hydrogens is 272 g/mol. The topological polar surface area (TPSA) is 119 Å². The highest BCUT2D eigenvalue weighted by molar-refractivity contribution is 5.91. The highest BCUT2D eigenvalue weighted by Gasteiger charge is 2.39. The van der Waals surface area contributed by atoms with Crippen LogP contribution in [-0.4, -0.2) is 46.9 Å². The SMILES string of the molecule is C=C(C)COOC(C(=O)O)C(OC(=O)C(=C)C)C(=O)O. The van der Waals surface area contributed by atoms with E-state index in [1.54, 1.807) is 6.92 Å². The van der Waals surface area contributed by atoms with Crippen molar-refractivity contribution in [2.24, 2.45) is 0 Å². The van der Waals surface area contributed by atoms with Gasteiger partial charge in [-0.2, -0.15) is 0 Å². The molecule has 0 aromatic carbocycles. The van der Waals surface area contributed by atoms with Crippen LogP contribution in [0.1, 0.15) is 13.8 Å². The molecule has 0 saturated carbocycles. The van der Waals surface area contributed by atoms with Gasteiger partial charge in [-0.25, -0.2) is 24.2 Å². The molecule has 20 heavy (non-hydrogen) atoms. The first-order valence-electron chi connectivity index (χ1n) is 5.41. The largest absolute Gasteiger partial charge is 0.479 e. The zero-order chi connectivity index (χ0) is 15.9. The van der Waals surface area contributed by atoms with Gasteiger partial charge in [-0.15, -0.1) is 0 Å². The summed E-state index contributed by atoms with van der Waals surface area (Å²) in [5, 5.41) is 17.8. The Hall–Kier alpha value is -2.19. The molecule has 8 heteroatoms. The molecule has 8 nitrogen and oxygen atoms in total. The fourth-order valence-corrected chi connectivity index (χ4v) is 0.887. The van der Waals surface area contributed by atoms with Crippen molar-refractivity contribution in [1.82, 2.24) is 0 Å². The first-order chi connectivity index (χ1) is 9.16. The third-order valence-corrected chi connectivity index (χ3v) is 1.82. The molecule has 2 atom stereocenters. The summed E-state index contributed by atoms with van der Waals surface area (Å²) in [5.74, 6) is -4.40. The molecule has 0 fully saturated rings. The summed E-state index contributed by atoms with van der Waals surface area (Å²) >= 11 is 0. The van der Waals surface area contributed by atoms with E-state index in [0.717, 1.165) is 0 Å². The number of rotatable bonds is 9. The lowest BCUT2D eigenvalue weighted by molar-refractivity contribution is -0.326. The van der Waals surface area contributed by atoms with Crippen LogP contribution in [0.4, 0.5) is 0 Å². The summed E-state index contributed by atoms with van der Waals surface area (Å²) in [5.41, 5.74) is 0.447. The van der Waals surface area contributed by atoms with Crippen LogP contribution in [0.25, 0.3) is 0 Å². The van der Waals surface area contributed by atoms with Crippen molar-refractivity contribution in [3.05, 3.63) is 24.3 Å². The molecule has 0 aliphatic heterocycles. The normalized spacial score (nSPS) is 13.1. The van der Waals surface area contributed by atoms with Gasteiger partial charge in [0.1, 0.15) is 6.61 Å². The predicted molar refractivity (Wildman–Crippen MR) is 65.6 cm³/mol. The number of hydrogen-bond donors (Lipinski definition) is 2. The second-order valence-electron chi connectivity index (χ2n) is 4.02. The van der Waals surface area contributed by atoms with Crippen LogP contribution in [0.2, 0.25) is 0 Å². The fourth-order valence-electron chi connectivity index (χ4n) is 0.887. The highest BCUT2D eigenvalue weighted by atomic mass is 17.2. The van der Waals surface area contributed by atoms with E-state index >= 15 is 0 Å². The van der Waals surface area contributed by atoms with Crippen LogP contribution >= 0.6 is 0 Å². The molecule has 0 aliphatic carbocycles. The Morgan fingerprint density at radius 1 is 1.05 bits per heavy atom. The van der Waals surface area contributed by atoms with Crippen molar-refractivity contribution in [3.8, 4) is 0 Å². The second kappa shape index (κ2) is 8.08. The molecule has 2 unspecified atom stereocenters. The van der Waals surface area contributed by atoms with Crippen molar-refractivity contribution in [3.63, 3.8) is 0 Å². The average Bonchev–Trinajstić information content (AvgIpc) is 2.30. The zero-order valence-corrected chi connectivity index (χ0v) is 11.1. The summed E-state index contributed by atoms with van der Waals surface area (Å²) < 4.78 is 4.51. The predicted octanol–water partition coefficient (Wildman–Crippen LogP) is 0.536. The second-order valence-corrected chi connectivity index (χ2v) is 4.02. The van der Waals surface area contributed by atoms with Crippen LogP contribution in [0.15, 0.2) is 24.3 Å². The molecule has 0 radical (unpaired) electrons. The van der Waals surface area contributed by atoms with E-state index < -0.39 is 30.1 Å². The molecule has 0 bridgehead atoms. The van der Waals surface area contributed by atoms with Crippen molar-refractivity contribution < 1.29 is 39.1 Å². The maximum atomic E-state index is 11.3. The summed E-state index contributed by atoms with van der Waals surface area (Å²) in [6.45, 7) is 9.49. The van der Waals surface area contributed by atoms with Crippen LogP contribution in [0.5, 0.6) is 0 Å². The third kappa shape index (κ3) is 6.12. The van der Waals surface area contributed by atoms with E-state index in [-0.39, 0.29) is 12.2 Å². The molecule has 0 spiro atoms. The molecule has 0 rings (SSSR count). The summed E-state index contributed by atoms with van der Waals surface area (Å²) in [6, 6.07) is 0. The first kappa shape index (κ1) is 17.8. The monoisotopic (exact) mass is 288 g/mol. The Labute approximate surface area is 115 Å². The van der Waals surface area contributed by atoms with Gasteiger partial charge in [0.05, 0.1) is 0 Å². The van der Waals surface area contributed by atoms with E-state index in [1.165, 1.54) is 6.92 Å². The molecule has 0 aromatic heterocycles. The molecule has 0 aliphatic rings. The van der Waals surface area contributed by atoms with Gasteiger partial charge in [-0.1, -0.05) is 18.7 Å². The van der Waals surface area contributed by atoms with Crippen molar-refractivity contribution in [1.29, 1.82) is 0 Å². The molecule has 112 valence electrons. The number of esters is 1. The minimum atomic E-state index is -2.07. The highest BCUT2D eigenvalue weighted by Crippen LogP contribution is 2.10. The van der Waals surface area contributed by atoms with Gasteiger partial charge in [-0.3, -0.25) is 0 Å². The minimum absolute atomic E-state index is 0.0803. The van der Waals surface area contributed by atoms with E-state index in [2.05, 4.69) is 27.7 Å². The standard InChI is InChI=1S/C12H16O8/c1-6(2)5-18-20-9(11(15)16)8(10(13)14)19-12(17)7(3)4/h8-9H,1,3,5H2,2,4H3,(H,13,14)(H,15,16). The van der Waals surface area contributed by atoms with E-state index in [1.807, 2.05) is 0 Å². The lowest BCUT2D eigenvalue weighted by Gasteiger charge is -2.19. The molecule has 2 N–H and O–H groups in total. The van der Waals surface area contributed by atoms with Gasteiger partial charge in [-0.05, 0) is 13.8 Å². The Bertz CT molecular complexity index is 425. The zero-order valence-electron chi connectivity index (χ0n) is 11.1. The molecule has 0 amide bonds. The summed E-state index contributed by atoms with van der Waals surface area (Å²) in [4.78, 5) is 42.2. The number of carboxylic acid groups (broad SMARTS) is 2. The lowest BCUT2D eigenvalue weighted by atomic mass is 10.2. The quantitative estimate of drug-likeness (QED) is 0.207. The molecule has 0 heterocycles. The van der Waals surface area contributed by atoms with Crippen molar-refractivity contribution >= 4 is 17.9 Å². The smallest absolute Gasteiger partial charge is 0.348 e. The van der Waals surface area contributed by atoms with Crippen molar-refractivity contribution in [2.45, 2.75) is 26.1 Å². The van der Waals surface area contributed by atoms with Gasteiger partial charge in [0.2, 0.25) is 12.2 Å².